The fourth-order valence-electron chi connectivity index (χ4n) is 9.17. The summed E-state index contributed by atoms with van der Waals surface area (Å²) in [6, 6.07) is 16.4. The van der Waals surface area contributed by atoms with E-state index in [0.717, 1.165) is 110 Å². The molecule has 4 aromatic carbocycles. The van der Waals surface area contributed by atoms with Gasteiger partial charge < -0.3 is 30.9 Å². The molecular weight excluding hydrogens is 1060 g/mol. The van der Waals surface area contributed by atoms with E-state index in [9.17, 15) is 46.2 Å². The summed E-state index contributed by atoms with van der Waals surface area (Å²) in [4.78, 5) is 73.1. The van der Waals surface area contributed by atoms with Gasteiger partial charge in [0.2, 0.25) is 11.9 Å². The molecule has 0 fully saturated rings. The number of carboxylic acid groups (broad SMARTS) is 1. The highest BCUT2D eigenvalue weighted by Crippen LogP contribution is 2.35. The molecule has 0 bridgehead atoms. The van der Waals surface area contributed by atoms with Crippen molar-refractivity contribution in [2.45, 2.75) is 67.7 Å². The van der Waals surface area contributed by atoms with Crippen LogP contribution >= 0.6 is 0 Å². The summed E-state index contributed by atoms with van der Waals surface area (Å²) in [6.07, 6.45) is 2.18. The monoisotopic (exact) mass is 1120 g/mol. The topological polar surface area (TPSA) is 192 Å². The molecule has 0 spiro atoms. The van der Waals surface area contributed by atoms with Gasteiger partial charge in [0, 0.05) is 59.2 Å². The molecule has 0 radical (unpaired) electrons. The van der Waals surface area contributed by atoms with Crippen molar-refractivity contribution < 1.29 is 41.0 Å². The zero-order valence-electron chi connectivity index (χ0n) is 46.0. The smallest absolute Gasteiger partial charge is 0.335 e. The van der Waals surface area contributed by atoms with Crippen LogP contribution in [-0.2, 0) is 0 Å². The van der Waals surface area contributed by atoms with E-state index in [-0.39, 0.29) is 78.7 Å². The minimum atomic E-state index is -1.34. The number of rotatable bonds is 22. The minimum Gasteiger partial charge on any atom is -0.478 e. The molecular formula is C59H63F6N11O5. The van der Waals surface area contributed by atoms with Crippen LogP contribution in [0.3, 0.4) is 0 Å². The van der Waals surface area contributed by atoms with Gasteiger partial charge in [-0.25, -0.2) is 41.1 Å². The summed E-state index contributed by atoms with van der Waals surface area (Å²) in [7, 11) is 0. The first-order valence-corrected chi connectivity index (χ1v) is 26.7. The van der Waals surface area contributed by atoms with E-state index in [4.69, 9.17) is 0 Å². The predicted molar refractivity (Wildman–Crippen MR) is 302 cm³/mol. The Morgan fingerprint density at radius 2 is 0.926 bits per heavy atom. The Bertz CT molecular complexity index is 3700. The van der Waals surface area contributed by atoms with Crippen LogP contribution in [0.15, 0.2) is 94.5 Å². The van der Waals surface area contributed by atoms with Crippen molar-refractivity contribution in [3.05, 3.63) is 163 Å². The van der Waals surface area contributed by atoms with Gasteiger partial charge in [-0.05, 0) is 144 Å². The number of pyridine rings is 2. The number of hydrogen-bond donors (Lipinski definition) is 4. The van der Waals surface area contributed by atoms with Gasteiger partial charge in [0.1, 0.15) is 46.3 Å². The molecule has 4 heterocycles. The van der Waals surface area contributed by atoms with Crippen LogP contribution in [0.25, 0.3) is 56.0 Å². The number of nitrogens with one attached hydrogen (secondary N) is 3. The van der Waals surface area contributed by atoms with Crippen LogP contribution in [0.2, 0.25) is 0 Å². The van der Waals surface area contributed by atoms with Gasteiger partial charge >= 0.3 is 5.97 Å². The third kappa shape index (κ3) is 13.6. The zero-order chi connectivity index (χ0) is 58.7. The van der Waals surface area contributed by atoms with Crippen LogP contribution in [0.4, 0.5) is 38.2 Å². The van der Waals surface area contributed by atoms with Crippen molar-refractivity contribution in [3.8, 4) is 33.9 Å². The summed E-state index contributed by atoms with van der Waals surface area (Å²) < 4.78 is 91.3. The second-order valence-corrected chi connectivity index (χ2v) is 18.9. The highest BCUT2D eigenvalue weighted by atomic mass is 19.2. The Labute approximate surface area is 463 Å². The fraction of sp³-hybridized carbons (Fsp3) is 0.322. The van der Waals surface area contributed by atoms with E-state index < -0.39 is 69.3 Å². The number of carboxylic acids is 1. The Hall–Kier alpha value is -8.50. The highest BCUT2D eigenvalue weighted by molar-refractivity contribution is 5.99. The average molecular weight is 1120 g/mol. The maximum Gasteiger partial charge on any atom is 0.335 e. The Morgan fingerprint density at radius 3 is 1.31 bits per heavy atom. The van der Waals surface area contributed by atoms with Crippen molar-refractivity contribution in [3.63, 3.8) is 0 Å². The maximum atomic E-state index is 15.2. The molecule has 4 aromatic heterocycles. The molecule has 1 amide bonds. The molecule has 0 saturated carbocycles. The molecule has 8 rings (SSSR count). The number of carbonyl (C=O) groups excluding carboxylic acids is 1. The zero-order valence-corrected chi connectivity index (χ0v) is 46.0. The maximum absolute atomic E-state index is 15.2. The number of anilines is 2. The van der Waals surface area contributed by atoms with Crippen LogP contribution in [0.1, 0.15) is 85.7 Å². The third-order valence-electron chi connectivity index (χ3n) is 13.7. The summed E-state index contributed by atoms with van der Waals surface area (Å²) >= 11 is 0. The van der Waals surface area contributed by atoms with Crippen molar-refractivity contribution in [1.29, 1.82) is 0 Å². The number of carbonyl (C=O) groups is 2. The number of hydrogen-bond acceptors (Lipinski definition) is 12. The molecule has 0 aliphatic heterocycles. The first-order chi connectivity index (χ1) is 38.8. The number of nitrogens with zero attached hydrogens (tertiary/aromatic N) is 8. The SMILES string of the molecule is CCCNC(=O)c1cc(F)c(C)c(-c2nc(NCCCN(CC)CC)nc3c2ccc(=O)n3-c2c(F)cccc2F)c1.CCN(CC)CCCNc1nc(-c2cc(C(=O)O)cc(F)c2C)c2ccc(=O)n(-c3c(F)cccc3F)c2n1. The highest BCUT2D eigenvalue weighted by Gasteiger charge is 2.25. The lowest BCUT2D eigenvalue weighted by Gasteiger charge is -2.18. The van der Waals surface area contributed by atoms with Crippen molar-refractivity contribution >= 4 is 45.8 Å². The lowest BCUT2D eigenvalue weighted by molar-refractivity contribution is 0.0696. The number of aromatic nitrogens is 6. The molecule has 4 N–H and O–H groups in total. The first kappa shape index (κ1) is 60.1. The molecule has 22 heteroatoms. The van der Waals surface area contributed by atoms with Gasteiger partial charge in [-0.1, -0.05) is 46.8 Å². The van der Waals surface area contributed by atoms with Crippen molar-refractivity contribution in [1.82, 2.24) is 44.2 Å². The molecule has 0 aliphatic rings. The number of fused-ring (bicyclic) bond motifs is 2. The van der Waals surface area contributed by atoms with Crippen LogP contribution in [-0.4, -0.2) is 115 Å². The summed E-state index contributed by atoms with van der Waals surface area (Å²) in [6.45, 7) is 19.7. The standard InChI is InChI=1S/C31H35F3N6O2.C28H28F3N5O3/c1-5-14-35-30(42)20-17-22(19(4)25(34)18-20)27-21-12-13-26(41)40(28-23(32)10-8-11-24(28)33)29(21)38-31(37-27)36-15-9-16-39(6-2)7-3;1-4-35(5-2)13-7-12-32-28-33-24(19-14-17(27(38)39)15-22(31)16(19)3)18-10-11-23(37)36(26(18)34-28)25-20(29)8-6-9-21(25)30/h8,10-13,17-18H,5-7,9,14-16H2,1-4H3,(H,35,42)(H,36,37,38);6,8-11,14-15H,4-5,7,12-13H2,1-3H3,(H,38,39)(H,32,33,34). The molecule has 81 heavy (non-hydrogen) atoms. The van der Waals surface area contributed by atoms with Gasteiger partial charge in [-0.15, -0.1) is 0 Å². The second-order valence-electron chi connectivity index (χ2n) is 18.9. The largest absolute Gasteiger partial charge is 0.478 e. The van der Waals surface area contributed by atoms with E-state index in [1.54, 1.807) is 6.92 Å². The van der Waals surface area contributed by atoms with Gasteiger partial charge in [0.25, 0.3) is 17.0 Å². The minimum absolute atomic E-state index is 0.0358. The van der Waals surface area contributed by atoms with E-state index in [1.165, 1.54) is 43.3 Å². The van der Waals surface area contributed by atoms with Crippen LogP contribution in [0, 0.1) is 48.8 Å². The van der Waals surface area contributed by atoms with Crippen molar-refractivity contribution in [2.24, 2.45) is 0 Å². The fourth-order valence-corrected chi connectivity index (χ4v) is 9.17. The van der Waals surface area contributed by atoms with E-state index in [0.29, 0.717) is 26.1 Å². The lowest BCUT2D eigenvalue weighted by atomic mass is 9.98. The Kier molecular flexibility index (Phi) is 20.1. The molecule has 0 unspecified atom stereocenters. The Balaban J connectivity index is 0.000000234. The van der Waals surface area contributed by atoms with E-state index in [1.807, 2.05) is 6.92 Å². The van der Waals surface area contributed by atoms with Crippen LogP contribution < -0.4 is 27.1 Å². The van der Waals surface area contributed by atoms with E-state index in [2.05, 4.69) is 73.4 Å². The number of aromatic carboxylic acids is 1. The van der Waals surface area contributed by atoms with Gasteiger partial charge in [0.05, 0.1) is 17.0 Å². The molecule has 0 atom stereocenters. The summed E-state index contributed by atoms with van der Waals surface area (Å²) in [5.74, 6) is -6.90. The molecule has 16 nitrogen and oxygen atoms in total. The summed E-state index contributed by atoms with van der Waals surface area (Å²) in [5, 5.41) is 18.9. The third-order valence-corrected chi connectivity index (χ3v) is 13.7. The number of benzene rings is 4. The average Bonchev–Trinajstić information content (AvgIpc) is 3.57. The molecule has 426 valence electrons. The molecule has 0 saturated heterocycles. The molecule has 0 aliphatic carbocycles. The van der Waals surface area contributed by atoms with Crippen LogP contribution in [0.5, 0.6) is 0 Å². The number of amides is 1. The lowest BCUT2D eigenvalue weighted by Crippen LogP contribution is -2.26. The second kappa shape index (κ2) is 27.1. The Morgan fingerprint density at radius 1 is 0.531 bits per heavy atom. The van der Waals surface area contributed by atoms with Gasteiger partial charge in [-0.2, -0.15) is 9.97 Å². The first-order valence-electron chi connectivity index (χ1n) is 26.7. The normalized spacial score (nSPS) is 11.3. The predicted octanol–water partition coefficient (Wildman–Crippen LogP) is 10.5. The number of para-hydroxylation sites is 2. The quantitative estimate of drug-likeness (QED) is 0.0371. The van der Waals surface area contributed by atoms with Gasteiger partial charge in [-0.3, -0.25) is 23.5 Å². The summed E-state index contributed by atoms with van der Waals surface area (Å²) in [5.41, 5.74) is -1.98. The van der Waals surface area contributed by atoms with Gasteiger partial charge in [0.15, 0.2) is 11.3 Å². The molecule has 8 aromatic rings. The van der Waals surface area contributed by atoms with E-state index >= 15 is 4.39 Å². The number of halogens is 6. The van der Waals surface area contributed by atoms with Crippen molar-refractivity contribution in [2.75, 3.05) is 69.5 Å².